The van der Waals surface area contributed by atoms with Crippen molar-refractivity contribution < 1.29 is 9.18 Å². The molecule has 1 N–H and O–H groups in total. The standard InChI is InChI=1S/C26H31BrFN5O/c1-17(2)23-16-32(15-18(3)33(23)24-7-4-19(13-29)14-30-24)25(34)8-11-31-26(9-10-26)20-5-6-22(28)21(27)12-20/h4-7,12,14,17-18,23,31H,8-11,15-16H2,1-3H3. The van der Waals surface area contributed by atoms with E-state index in [1.807, 2.05) is 23.1 Å². The van der Waals surface area contributed by atoms with E-state index in [0.717, 1.165) is 24.2 Å². The Morgan fingerprint density at radius 1 is 1.32 bits per heavy atom. The third-order valence-corrected chi connectivity index (χ3v) is 7.62. The van der Waals surface area contributed by atoms with Gasteiger partial charge in [0.25, 0.3) is 0 Å². The van der Waals surface area contributed by atoms with E-state index in [1.165, 1.54) is 6.07 Å². The average molecular weight is 528 g/mol. The number of hydrogen-bond acceptors (Lipinski definition) is 5. The van der Waals surface area contributed by atoms with E-state index < -0.39 is 0 Å². The minimum atomic E-state index is -0.265. The number of carbonyl (C=O) groups is 1. The lowest BCUT2D eigenvalue weighted by molar-refractivity contribution is -0.132. The number of benzene rings is 1. The number of rotatable bonds is 7. The van der Waals surface area contributed by atoms with Gasteiger partial charge in [-0.3, -0.25) is 4.79 Å². The molecule has 2 aliphatic rings. The Hall–Kier alpha value is -2.50. The molecule has 0 radical (unpaired) electrons. The maximum absolute atomic E-state index is 13.6. The SMILES string of the molecule is CC(C)C1CN(C(=O)CCNC2(c3ccc(F)c(Br)c3)CC2)CC(C)N1c1ccc(C#N)cn1. The van der Waals surface area contributed by atoms with Crippen LogP contribution in [0.15, 0.2) is 41.0 Å². The molecule has 6 nitrogen and oxygen atoms in total. The molecule has 2 unspecified atom stereocenters. The smallest absolute Gasteiger partial charge is 0.223 e. The molecule has 0 spiro atoms. The van der Waals surface area contributed by atoms with Crippen LogP contribution in [0.4, 0.5) is 10.2 Å². The van der Waals surface area contributed by atoms with E-state index >= 15 is 0 Å². The fourth-order valence-corrected chi connectivity index (χ4v) is 5.29. The number of nitrogens with zero attached hydrogens (tertiary/aromatic N) is 4. The summed E-state index contributed by atoms with van der Waals surface area (Å²) >= 11 is 3.28. The number of nitrogens with one attached hydrogen (secondary N) is 1. The first kappa shape index (κ1) is 24.6. The number of aromatic nitrogens is 1. The van der Waals surface area contributed by atoms with Gasteiger partial charge in [0.1, 0.15) is 17.7 Å². The molecule has 34 heavy (non-hydrogen) atoms. The highest BCUT2D eigenvalue weighted by Crippen LogP contribution is 2.46. The van der Waals surface area contributed by atoms with Gasteiger partial charge in [0.2, 0.25) is 5.91 Å². The number of halogens is 2. The number of piperazine rings is 1. The first-order chi connectivity index (χ1) is 16.2. The normalized spacial score (nSPS) is 21.4. The van der Waals surface area contributed by atoms with Gasteiger partial charge in [0.15, 0.2) is 0 Å². The molecule has 1 aromatic carbocycles. The summed E-state index contributed by atoms with van der Waals surface area (Å²) < 4.78 is 14.1. The Balaban J connectivity index is 1.37. The van der Waals surface area contributed by atoms with Gasteiger partial charge >= 0.3 is 0 Å². The van der Waals surface area contributed by atoms with Gasteiger partial charge in [-0.1, -0.05) is 19.9 Å². The second-order valence-electron chi connectivity index (χ2n) is 9.77. The van der Waals surface area contributed by atoms with Crippen LogP contribution in [-0.4, -0.2) is 47.5 Å². The Bertz CT molecular complexity index is 1080. The van der Waals surface area contributed by atoms with Crippen LogP contribution in [-0.2, 0) is 10.3 Å². The van der Waals surface area contributed by atoms with Crippen LogP contribution >= 0.6 is 15.9 Å². The van der Waals surface area contributed by atoms with Gasteiger partial charge in [-0.25, -0.2) is 9.37 Å². The summed E-state index contributed by atoms with van der Waals surface area (Å²) in [4.78, 5) is 21.9. The highest BCUT2D eigenvalue weighted by Gasteiger charge is 2.44. The predicted molar refractivity (Wildman–Crippen MR) is 134 cm³/mol. The molecule has 2 atom stereocenters. The molecular formula is C26H31BrFN5O. The predicted octanol–water partition coefficient (Wildman–Crippen LogP) is 4.59. The summed E-state index contributed by atoms with van der Waals surface area (Å²) in [5, 5.41) is 12.6. The van der Waals surface area contributed by atoms with Gasteiger partial charge in [-0.05, 0) is 71.4 Å². The lowest BCUT2D eigenvalue weighted by Gasteiger charge is -2.48. The van der Waals surface area contributed by atoms with E-state index in [9.17, 15) is 9.18 Å². The van der Waals surface area contributed by atoms with Crippen LogP contribution < -0.4 is 10.2 Å². The van der Waals surface area contributed by atoms with Gasteiger partial charge in [-0.15, -0.1) is 0 Å². The van der Waals surface area contributed by atoms with E-state index in [-0.39, 0.29) is 29.3 Å². The summed E-state index contributed by atoms with van der Waals surface area (Å²) in [6, 6.07) is 11.2. The molecule has 2 heterocycles. The molecule has 2 fully saturated rings. The number of nitriles is 1. The molecule has 1 aromatic heterocycles. The van der Waals surface area contributed by atoms with Crippen molar-refractivity contribution >= 4 is 27.7 Å². The van der Waals surface area contributed by atoms with Crippen molar-refractivity contribution in [1.29, 1.82) is 5.26 Å². The quantitative estimate of drug-likeness (QED) is 0.570. The third kappa shape index (κ3) is 5.11. The highest BCUT2D eigenvalue weighted by atomic mass is 79.9. The van der Waals surface area contributed by atoms with Crippen molar-refractivity contribution in [3.63, 3.8) is 0 Å². The van der Waals surface area contributed by atoms with Crippen LogP contribution in [0.25, 0.3) is 0 Å². The zero-order valence-corrected chi connectivity index (χ0v) is 21.5. The summed E-state index contributed by atoms with van der Waals surface area (Å²) in [5.41, 5.74) is 1.45. The molecule has 1 aliphatic carbocycles. The topological polar surface area (TPSA) is 72.3 Å². The summed E-state index contributed by atoms with van der Waals surface area (Å²) in [6.07, 6.45) is 4.01. The molecule has 1 saturated carbocycles. The first-order valence-corrected chi connectivity index (χ1v) is 12.7. The molecule has 1 amide bonds. The fraction of sp³-hybridized carbons (Fsp3) is 0.500. The Morgan fingerprint density at radius 2 is 2.09 bits per heavy atom. The molecule has 4 rings (SSSR count). The van der Waals surface area contributed by atoms with Crippen molar-refractivity contribution in [2.45, 2.75) is 57.7 Å². The summed E-state index contributed by atoms with van der Waals surface area (Å²) in [7, 11) is 0. The Kier molecular flexibility index (Phi) is 7.25. The van der Waals surface area contributed by atoms with Crippen LogP contribution in [0.1, 0.15) is 51.2 Å². The lowest BCUT2D eigenvalue weighted by Crippen LogP contribution is -2.61. The number of carbonyl (C=O) groups excluding carboxylic acids is 1. The number of hydrogen-bond donors (Lipinski definition) is 1. The molecule has 1 saturated heterocycles. The number of amides is 1. The van der Waals surface area contributed by atoms with Crippen molar-refractivity contribution in [3.05, 3.63) is 57.9 Å². The van der Waals surface area contributed by atoms with Gasteiger partial charge in [0, 0.05) is 43.8 Å². The van der Waals surface area contributed by atoms with E-state index in [0.29, 0.717) is 42.0 Å². The Morgan fingerprint density at radius 3 is 2.68 bits per heavy atom. The summed E-state index contributed by atoms with van der Waals surface area (Å²) in [6.45, 7) is 8.34. The molecular weight excluding hydrogens is 497 g/mol. The zero-order valence-electron chi connectivity index (χ0n) is 19.9. The summed E-state index contributed by atoms with van der Waals surface area (Å²) in [5.74, 6) is 1.06. The molecule has 8 heteroatoms. The van der Waals surface area contributed by atoms with Crippen molar-refractivity contribution in [2.75, 3.05) is 24.5 Å². The van der Waals surface area contributed by atoms with E-state index in [2.05, 4.69) is 58.0 Å². The fourth-order valence-electron chi connectivity index (χ4n) is 4.91. The molecule has 0 bridgehead atoms. The maximum Gasteiger partial charge on any atom is 0.223 e. The maximum atomic E-state index is 13.6. The minimum Gasteiger partial charge on any atom is -0.347 e. The van der Waals surface area contributed by atoms with Gasteiger partial charge in [0.05, 0.1) is 16.1 Å². The largest absolute Gasteiger partial charge is 0.347 e. The van der Waals surface area contributed by atoms with Crippen LogP contribution in [0.5, 0.6) is 0 Å². The average Bonchev–Trinajstić information content (AvgIpc) is 3.61. The van der Waals surface area contributed by atoms with Crippen LogP contribution in [0.3, 0.4) is 0 Å². The lowest BCUT2D eigenvalue weighted by atomic mass is 9.96. The van der Waals surface area contributed by atoms with E-state index in [4.69, 9.17) is 5.26 Å². The van der Waals surface area contributed by atoms with Crippen molar-refractivity contribution in [2.24, 2.45) is 5.92 Å². The monoisotopic (exact) mass is 527 g/mol. The Labute approximate surface area is 209 Å². The molecule has 2 aromatic rings. The minimum absolute atomic E-state index is 0.116. The van der Waals surface area contributed by atoms with Crippen molar-refractivity contribution in [1.82, 2.24) is 15.2 Å². The first-order valence-electron chi connectivity index (χ1n) is 11.9. The van der Waals surface area contributed by atoms with Crippen molar-refractivity contribution in [3.8, 4) is 6.07 Å². The van der Waals surface area contributed by atoms with Gasteiger partial charge < -0.3 is 15.1 Å². The number of pyridine rings is 1. The molecule has 180 valence electrons. The van der Waals surface area contributed by atoms with Crippen LogP contribution in [0.2, 0.25) is 0 Å². The number of anilines is 1. The zero-order chi connectivity index (χ0) is 24.5. The second kappa shape index (κ2) is 10.0. The van der Waals surface area contributed by atoms with E-state index in [1.54, 1.807) is 12.3 Å². The molecule has 1 aliphatic heterocycles. The third-order valence-electron chi connectivity index (χ3n) is 7.01. The van der Waals surface area contributed by atoms with Gasteiger partial charge in [-0.2, -0.15) is 5.26 Å². The van der Waals surface area contributed by atoms with Crippen LogP contribution in [0, 0.1) is 23.1 Å². The highest BCUT2D eigenvalue weighted by molar-refractivity contribution is 9.10. The second-order valence-corrected chi connectivity index (χ2v) is 10.6.